The van der Waals surface area contributed by atoms with Gasteiger partial charge >= 0.3 is 11.9 Å². The van der Waals surface area contributed by atoms with Gasteiger partial charge in [0.1, 0.15) is 0 Å². The molecule has 1 aliphatic heterocycles. The average molecular weight is 232 g/mol. The molecule has 0 amide bonds. The predicted octanol–water partition coefficient (Wildman–Crippen LogP) is -1.01. The Morgan fingerprint density at radius 1 is 1.06 bits per heavy atom. The number of aliphatic hydroxyl groups excluding tert-OH is 3. The molecule has 0 radical (unpaired) electrons. The van der Waals surface area contributed by atoms with Gasteiger partial charge in [-0.05, 0) is 6.42 Å². The van der Waals surface area contributed by atoms with Gasteiger partial charge < -0.3 is 20.1 Å². The number of carbonyl (C=O) groups is 2. The Kier molecular flexibility index (Phi) is 6.55. The minimum atomic E-state index is -0.667. The van der Waals surface area contributed by atoms with Crippen molar-refractivity contribution in [2.24, 2.45) is 5.41 Å². The van der Waals surface area contributed by atoms with E-state index in [1.807, 2.05) is 6.92 Å². The van der Waals surface area contributed by atoms with Crippen LogP contribution in [-0.4, -0.2) is 47.1 Å². The zero-order chi connectivity index (χ0) is 12.6. The molecule has 0 atom stereocenters. The predicted molar refractivity (Wildman–Crippen MR) is 54.2 cm³/mol. The second kappa shape index (κ2) is 7.10. The molecule has 0 spiro atoms. The Hall–Kier alpha value is -1.24. The van der Waals surface area contributed by atoms with Crippen LogP contribution in [0, 0.1) is 5.41 Å². The summed E-state index contributed by atoms with van der Waals surface area (Å²) in [5.74, 6) is -1.16. The zero-order valence-electron chi connectivity index (χ0n) is 9.05. The second-order valence-electron chi connectivity index (χ2n) is 3.40. The summed E-state index contributed by atoms with van der Waals surface area (Å²) in [6.45, 7) is 1.35. The smallest absolute Gasteiger partial charge is 0.338 e. The molecule has 16 heavy (non-hydrogen) atoms. The molecule has 0 aromatic heterocycles. The molecular formula is C10H16O6. The van der Waals surface area contributed by atoms with Crippen LogP contribution in [0.2, 0.25) is 0 Å². The van der Waals surface area contributed by atoms with E-state index in [-0.39, 0.29) is 19.8 Å². The van der Waals surface area contributed by atoms with Crippen LogP contribution >= 0.6 is 0 Å². The maximum atomic E-state index is 9.92. The molecular weight excluding hydrogens is 216 g/mol. The lowest BCUT2D eigenvalue weighted by molar-refractivity contribution is -0.150. The maximum Gasteiger partial charge on any atom is 0.338 e. The topological polar surface area (TPSA) is 104 Å². The summed E-state index contributed by atoms with van der Waals surface area (Å²) in [5, 5.41) is 26.0. The van der Waals surface area contributed by atoms with Gasteiger partial charge in [-0.3, -0.25) is 0 Å². The van der Waals surface area contributed by atoms with Crippen molar-refractivity contribution >= 4 is 11.9 Å². The molecule has 0 aromatic rings. The Morgan fingerprint density at radius 3 is 1.50 bits per heavy atom. The molecule has 1 rings (SSSR count). The van der Waals surface area contributed by atoms with Gasteiger partial charge in [0.05, 0.1) is 19.8 Å². The summed E-state index contributed by atoms with van der Waals surface area (Å²) in [6.07, 6.45) is 2.77. The third-order valence-electron chi connectivity index (χ3n) is 2.31. The Morgan fingerprint density at radius 2 is 1.44 bits per heavy atom. The molecule has 0 unspecified atom stereocenters. The molecule has 0 saturated heterocycles. The Balaban J connectivity index is 0.000000288. The molecule has 1 heterocycles. The molecule has 0 aromatic carbocycles. The maximum absolute atomic E-state index is 9.92. The number of carbonyl (C=O) groups excluding carboxylic acids is 2. The highest BCUT2D eigenvalue weighted by atomic mass is 16.6. The molecule has 0 fully saturated rings. The van der Waals surface area contributed by atoms with Crippen molar-refractivity contribution in [1.29, 1.82) is 0 Å². The van der Waals surface area contributed by atoms with Crippen molar-refractivity contribution in [2.75, 3.05) is 19.8 Å². The standard InChI is InChI=1S/C6H14O3.C4H2O3/c1-2-6(3-7,4-8)5-9;5-3-1-2-4(6)7-3/h7-9H,2-5H2,1H3;1-2H. The molecule has 1 aliphatic rings. The number of aliphatic hydroxyl groups is 3. The lowest BCUT2D eigenvalue weighted by Gasteiger charge is -2.24. The van der Waals surface area contributed by atoms with E-state index in [2.05, 4.69) is 4.74 Å². The molecule has 6 nitrogen and oxygen atoms in total. The normalized spacial score (nSPS) is 14.5. The van der Waals surface area contributed by atoms with Gasteiger partial charge in [0, 0.05) is 17.6 Å². The SMILES string of the molecule is CCC(CO)(CO)CO.O=C1C=CC(=O)O1. The Bertz CT molecular complexity index is 233. The number of esters is 2. The lowest BCUT2D eigenvalue weighted by Crippen LogP contribution is -2.32. The highest BCUT2D eigenvalue weighted by Crippen LogP contribution is 2.18. The van der Waals surface area contributed by atoms with E-state index >= 15 is 0 Å². The van der Waals surface area contributed by atoms with E-state index in [0.29, 0.717) is 6.42 Å². The molecule has 0 saturated carbocycles. The lowest BCUT2D eigenvalue weighted by atomic mass is 9.88. The van der Waals surface area contributed by atoms with Crippen LogP contribution in [-0.2, 0) is 14.3 Å². The van der Waals surface area contributed by atoms with Gasteiger partial charge in [-0.2, -0.15) is 0 Å². The van der Waals surface area contributed by atoms with Crippen LogP contribution in [0.1, 0.15) is 13.3 Å². The van der Waals surface area contributed by atoms with Gasteiger partial charge in [-0.1, -0.05) is 6.92 Å². The first kappa shape index (κ1) is 14.8. The fraction of sp³-hybridized carbons (Fsp3) is 0.600. The van der Waals surface area contributed by atoms with Gasteiger partial charge in [0.15, 0.2) is 0 Å². The zero-order valence-corrected chi connectivity index (χ0v) is 9.05. The summed E-state index contributed by atoms with van der Waals surface area (Å²) in [7, 11) is 0. The third kappa shape index (κ3) is 4.52. The molecule has 0 bridgehead atoms. The molecule has 92 valence electrons. The fourth-order valence-electron chi connectivity index (χ4n) is 0.789. The van der Waals surface area contributed by atoms with Crippen LogP contribution in [0.3, 0.4) is 0 Å². The van der Waals surface area contributed by atoms with E-state index < -0.39 is 17.4 Å². The van der Waals surface area contributed by atoms with Crippen molar-refractivity contribution in [2.45, 2.75) is 13.3 Å². The first-order chi connectivity index (χ1) is 7.53. The quantitative estimate of drug-likeness (QED) is 0.423. The van der Waals surface area contributed by atoms with E-state index in [1.165, 1.54) is 0 Å². The molecule has 3 N–H and O–H groups in total. The van der Waals surface area contributed by atoms with Crippen molar-refractivity contribution < 1.29 is 29.6 Å². The second-order valence-corrected chi connectivity index (χ2v) is 3.40. The van der Waals surface area contributed by atoms with E-state index in [0.717, 1.165) is 12.2 Å². The van der Waals surface area contributed by atoms with Crippen molar-refractivity contribution in [3.8, 4) is 0 Å². The summed E-state index contributed by atoms with van der Waals surface area (Å²) < 4.78 is 3.97. The first-order valence-electron chi connectivity index (χ1n) is 4.80. The summed E-state index contributed by atoms with van der Waals surface area (Å²) in [4.78, 5) is 19.8. The number of ether oxygens (including phenoxy) is 1. The van der Waals surface area contributed by atoms with Crippen molar-refractivity contribution in [1.82, 2.24) is 0 Å². The average Bonchev–Trinajstić information content (AvgIpc) is 2.67. The summed E-state index contributed by atoms with van der Waals surface area (Å²) in [6, 6.07) is 0. The van der Waals surface area contributed by atoms with Gasteiger partial charge in [-0.15, -0.1) is 0 Å². The minimum Gasteiger partial charge on any atom is -0.396 e. The number of hydrogen-bond acceptors (Lipinski definition) is 6. The summed E-state index contributed by atoms with van der Waals surface area (Å²) >= 11 is 0. The van der Waals surface area contributed by atoms with E-state index in [1.54, 1.807) is 0 Å². The monoisotopic (exact) mass is 232 g/mol. The van der Waals surface area contributed by atoms with Gasteiger partial charge in [0.2, 0.25) is 0 Å². The number of rotatable bonds is 4. The van der Waals surface area contributed by atoms with Gasteiger partial charge in [-0.25, -0.2) is 9.59 Å². The van der Waals surface area contributed by atoms with Crippen LogP contribution in [0.15, 0.2) is 12.2 Å². The van der Waals surface area contributed by atoms with Crippen LogP contribution < -0.4 is 0 Å². The first-order valence-corrected chi connectivity index (χ1v) is 4.80. The van der Waals surface area contributed by atoms with E-state index in [9.17, 15) is 9.59 Å². The number of cyclic esters (lactones) is 2. The number of hydrogen-bond donors (Lipinski definition) is 3. The summed E-state index contributed by atoms with van der Waals surface area (Å²) in [5.41, 5.74) is -0.667. The van der Waals surface area contributed by atoms with Crippen LogP contribution in [0.4, 0.5) is 0 Å². The van der Waals surface area contributed by atoms with Crippen LogP contribution in [0.25, 0.3) is 0 Å². The molecule has 6 heteroatoms. The molecule has 0 aliphatic carbocycles. The minimum absolute atomic E-state index is 0.156. The largest absolute Gasteiger partial charge is 0.396 e. The highest BCUT2D eigenvalue weighted by molar-refractivity contribution is 6.04. The van der Waals surface area contributed by atoms with Crippen molar-refractivity contribution in [3.05, 3.63) is 12.2 Å². The highest BCUT2D eigenvalue weighted by Gasteiger charge is 2.24. The third-order valence-corrected chi connectivity index (χ3v) is 2.31. The Labute approximate surface area is 93.2 Å². The van der Waals surface area contributed by atoms with Crippen LogP contribution in [0.5, 0.6) is 0 Å². The van der Waals surface area contributed by atoms with Crippen molar-refractivity contribution in [3.63, 3.8) is 0 Å². The fourth-order valence-corrected chi connectivity index (χ4v) is 0.789. The van der Waals surface area contributed by atoms with E-state index in [4.69, 9.17) is 15.3 Å². The van der Waals surface area contributed by atoms with Gasteiger partial charge in [0.25, 0.3) is 0 Å².